The van der Waals surface area contributed by atoms with Gasteiger partial charge in [-0.05, 0) is 30.5 Å². The Morgan fingerprint density at radius 2 is 2.00 bits per heavy atom. The lowest BCUT2D eigenvalue weighted by molar-refractivity contribution is 0.0527. The van der Waals surface area contributed by atoms with E-state index in [-0.39, 0.29) is 22.1 Å². The van der Waals surface area contributed by atoms with E-state index in [9.17, 15) is 13.2 Å². The van der Waals surface area contributed by atoms with E-state index in [1.165, 1.54) is 18.2 Å². The van der Waals surface area contributed by atoms with Crippen LogP contribution in [0.15, 0.2) is 46.0 Å². The zero-order valence-electron chi connectivity index (χ0n) is 10.7. The Balaban J connectivity index is 2.33. The van der Waals surface area contributed by atoms with Crippen molar-refractivity contribution in [2.75, 3.05) is 11.3 Å². The summed E-state index contributed by atoms with van der Waals surface area (Å²) >= 11 is 1.11. The lowest BCUT2D eigenvalue weighted by Gasteiger charge is -2.10. The number of carbonyl (C=O) groups excluding carboxylic acids is 1. The van der Waals surface area contributed by atoms with Gasteiger partial charge in [0.2, 0.25) is 0 Å². The molecule has 0 saturated heterocycles. The number of benzene rings is 1. The van der Waals surface area contributed by atoms with Crippen LogP contribution in [0.3, 0.4) is 0 Å². The minimum Gasteiger partial charge on any atom is -0.462 e. The van der Waals surface area contributed by atoms with Crippen LogP contribution in [0.25, 0.3) is 0 Å². The van der Waals surface area contributed by atoms with Gasteiger partial charge in [-0.3, -0.25) is 4.72 Å². The molecule has 0 radical (unpaired) electrons. The first-order valence-electron chi connectivity index (χ1n) is 5.87. The Morgan fingerprint density at radius 1 is 1.25 bits per heavy atom. The van der Waals surface area contributed by atoms with Gasteiger partial charge in [0.1, 0.15) is 4.21 Å². The molecule has 7 heteroatoms. The molecule has 1 aromatic heterocycles. The molecule has 0 spiro atoms. The summed E-state index contributed by atoms with van der Waals surface area (Å²) in [5.41, 5.74) is 0.397. The summed E-state index contributed by atoms with van der Waals surface area (Å²) in [5, 5.41) is 1.67. The van der Waals surface area contributed by atoms with Crippen LogP contribution in [0.4, 0.5) is 5.69 Å². The molecule has 106 valence electrons. The highest BCUT2D eigenvalue weighted by molar-refractivity contribution is 7.94. The van der Waals surface area contributed by atoms with Gasteiger partial charge in [-0.1, -0.05) is 18.2 Å². The standard InChI is InChI=1S/C13H13NO4S2/c1-2-18-13(15)10-6-3-4-7-11(10)14-20(16,17)12-8-5-9-19-12/h3-9,14H,2H2,1H3. The molecule has 20 heavy (non-hydrogen) atoms. The lowest BCUT2D eigenvalue weighted by Crippen LogP contribution is -2.15. The zero-order chi connectivity index (χ0) is 14.6. The molecule has 0 aliphatic rings. The molecule has 0 unspecified atom stereocenters. The predicted molar refractivity (Wildman–Crippen MR) is 77.5 cm³/mol. The molecule has 0 amide bonds. The fraction of sp³-hybridized carbons (Fsp3) is 0.154. The van der Waals surface area contributed by atoms with E-state index in [0.29, 0.717) is 0 Å². The highest BCUT2D eigenvalue weighted by atomic mass is 32.2. The largest absolute Gasteiger partial charge is 0.462 e. The quantitative estimate of drug-likeness (QED) is 0.862. The van der Waals surface area contributed by atoms with Gasteiger partial charge >= 0.3 is 5.97 Å². The summed E-state index contributed by atoms with van der Waals surface area (Å²) in [6.07, 6.45) is 0. The van der Waals surface area contributed by atoms with Gasteiger partial charge in [0.15, 0.2) is 0 Å². The van der Waals surface area contributed by atoms with Crippen molar-refractivity contribution in [2.24, 2.45) is 0 Å². The van der Waals surface area contributed by atoms with Gasteiger partial charge in [0, 0.05) is 0 Å². The Morgan fingerprint density at radius 3 is 2.65 bits per heavy atom. The third-order valence-corrected chi connectivity index (χ3v) is 5.19. The van der Waals surface area contributed by atoms with E-state index < -0.39 is 16.0 Å². The third kappa shape index (κ3) is 3.17. The van der Waals surface area contributed by atoms with Gasteiger partial charge in [-0.15, -0.1) is 11.3 Å². The number of hydrogen-bond donors (Lipinski definition) is 1. The average molecular weight is 311 g/mol. The van der Waals surface area contributed by atoms with Crippen LogP contribution in [-0.4, -0.2) is 21.0 Å². The van der Waals surface area contributed by atoms with Gasteiger partial charge < -0.3 is 4.74 Å². The highest BCUT2D eigenvalue weighted by Gasteiger charge is 2.19. The molecule has 0 fully saturated rings. The maximum absolute atomic E-state index is 12.1. The van der Waals surface area contributed by atoms with E-state index in [0.717, 1.165) is 11.3 Å². The number of para-hydroxylation sites is 1. The number of anilines is 1. The fourth-order valence-corrected chi connectivity index (χ4v) is 3.64. The molecule has 1 N–H and O–H groups in total. The molecular weight excluding hydrogens is 298 g/mol. The van der Waals surface area contributed by atoms with Crippen LogP contribution in [0, 0.1) is 0 Å². The van der Waals surface area contributed by atoms with Gasteiger partial charge in [-0.2, -0.15) is 0 Å². The number of ether oxygens (including phenoxy) is 1. The van der Waals surface area contributed by atoms with Crippen LogP contribution in [0.1, 0.15) is 17.3 Å². The maximum Gasteiger partial charge on any atom is 0.340 e. The SMILES string of the molecule is CCOC(=O)c1ccccc1NS(=O)(=O)c1cccs1. The Hall–Kier alpha value is -1.86. The molecule has 1 aromatic carbocycles. The summed E-state index contributed by atoms with van der Waals surface area (Å²) in [6.45, 7) is 1.92. The van der Waals surface area contributed by atoms with Gasteiger partial charge in [0.05, 0.1) is 17.9 Å². The number of carbonyl (C=O) groups is 1. The number of nitrogens with one attached hydrogen (secondary N) is 1. The second-order valence-corrected chi connectivity index (χ2v) is 6.66. The second-order valence-electron chi connectivity index (χ2n) is 3.80. The van der Waals surface area contributed by atoms with Crippen molar-refractivity contribution in [3.8, 4) is 0 Å². The zero-order valence-corrected chi connectivity index (χ0v) is 12.3. The summed E-state index contributed by atoms with van der Waals surface area (Å²) in [4.78, 5) is 11.8. The van der Waals surface area contributed by atoms with E-state index in [2.05, 4.69) is 4.72 Å². The highest BCUT2D eigenvalue weighted by Crippen LogP contribution is 2.23. The number of rotatable bonds is 5. The van der Waals surface area contributed by atoms with Crippen LogP contribution < -0.4 is 4.72 Å². The van der Waals surface area contributed by atoms with Crippen molar-refractivity contribution < 1.29 is 17.9 Å². The van der Waals surface area contributed by atoms with Crippen molar-refractivity contribution in [3.63, 3.8) is 0 Å². The number of hydrogen-bond acceptors (Lipinski definition) is 5. The number of thiophene rings is 1. The van der Waals surface area contributed by atoms with Gasteiger partial charge in [-0.25, -0.2) is 13.2 Å². The molecule has 0 aliphatic heterocycles. The Bertz CT molecular complexity index is 693. The lowest BCUT2D eigenvalue weighted by atomic mass is 10.2. The molecule has 0 aliphatic carbocycles. The smallest absolute Gasteiger partial charge is 0.340 e. The summed E-state index contributed by atoms with van der Waals surface area (Å²) in [5.74, 6) is -0.558. The van der Waals surface area contributed by atoms with E-state index >= 15 is 0 Å². The van der Waals surface area contributed by atoms with Crippen molar-refractivity contribution in [1.29, 1.82) is 0 Å². The monoisotopic (exact) mass is 311 g/mol. The molecule has 2 aromatic rings. The van der Waals surface area contributed by atoms with Crippen LogP contribution in [-0.2, 0) is 14.8 Å². The Labute approximate surface area is 121 Å². The fourth-order valence-electron chi connectivity index (χ4n) is 1.57. The van der Waals surface area contributed by atoms with E-state index in [1.807, 2.05) is 0 Å². The van der Waals surface area contributed by atoms with Crippen LogP contribution in [0.5, 0.6) is 0 Å². The molecule has 1 heterocycles. The van der Waals surface area contributed by atoms with E-state index in [1.54, 1.807) is 30.5 Å². The minimum absolute atomic E-state index is 0.189. The van der Waals surface area contributed by atoms with Crippen LogP contribution in [0.2, 0.25) is 0 Å². The first-order valence-corrected chi connectivity index (χ1v) is 8.23. The molecule has 0 atom stereocenters. The predicted octanol–water partition coefficient (Wildman–Crippen LogP) is 2.73. The summed E-state index contributed by atoms with van der Waals surface area (Å²) in [7, 11) is -3.68. The van der Waals surface area contributed by atoms with Gasteiger partial charge in [0.25, 0.3) is 10.0 Å². The molecular formula is C13H13NO4S2. The molecule has 0 saturated carbocycles. The van der Waals surface area contributed by atoms with Crippen molar-refractivity contribution in [2.45, 2.75) is 11.1 Å². The summed E-state index contributed by atoms with van der Waals surface area (Å²) in [6, 6.07) is 9.49. The van der Waals surface area contributed by atoms with E-state index in [4.69, 9.17) is 4.74 Å². The van der Waals surface area contributed by atoms with Crippen molar-refractivity contribution in [1.82, 2.24) is 0 Å². The first-order chi connectivity index (χ1) is 9.54. The van der Waals surface area contributed by atoms with Crippen molar-refractivity contribution in [3.05, 3.63) is 47.3 Å². The average Bonchev–Trinajstić information content (AvgIpc) is 2.94. The first kappa shape index (κ1) is 14.5. The maximum atomic E-state index is 12.1. The normalized spacial score (nSPS) is 11.1. The summed E-state index contributed by atoms with van der Waals surface area (Å²) < 4.78 is 31.8. The molecule has 0 bridgehead atoms. The second kappa shape index (κ2) is 6.06. The molecule has 2 rings (SSSR count). The minimum atomic E-state index is -3.68. The number of esters is 1. The third-order valence-electron chi connectivity index (χ3n) is 2.43. The van der Waals surface area contributed by atoms with Crippen LogP contribution >= 0.6 is 11.3 Å². The van der Waals surface area contributed by atoms with Crippen molar-refractivity contribution >= 4 is 33.0 Å². The Kier molecular flexibility index (Phi) is 4.41. The molecule has 5 nitrogen and oxygen atoms in total. The topological polar surface area (TPSA) is 72.5 Å². The number of sulfonamides is 1.